The Morgan fingerprint density at radius 1 is 1.44 bits per heavy atom. The van der Waals surface area contributed by atoms with Crippen LogP contribution in [0.15, 0.2) is 18.2 Å². The molecule has 1 aromatic carbocycles. The van der Waals surface area contributed by atoms with E-state index in [0.717, 1.165) is 42.7 Å². The number of nitrogens with zero attached hydrogens (tertiary/aromatic N) is 2. The molecule has 1 aromatic heterocycles. The van der Waals surface area contributed by atoms with Crippen LogP contribution >= 0.6 is 0 Å². The van der Waals surface area contributed by atoms with Gasteiger partial charge >= 0.3 is 111 Å². The Kier molecular flexibility index (Phi) is 3.41. The van der Waals surface area contributed by atoms with Gasteiger partial charge in [-0.25, -0.2) is 0 Å². The van der Waals surface area contributed by atoms with Crippen molar-refractivity contribution in [2.75, 3.05) is 18.4 Å². The minimum atomic E-state index is -0.0600. The first-order valence-electron chi connectivity index (χ1n) is 6.07. The van der Waals surface area contributed by atoms with Crippen LogP contribution in [0.1, 0.15) is 12.8 Å². The molecule has 0 radical (unpaired) electrons. The summed E-state index contributed by atoms with van der Waals surface area (Å²) in [6.45, 7) is 1.79. The number of benzene rings is 1. The van der Waals surface area contributed by atoms with E-state index in [2.05, 4.69) is 18.6 Å². The van der Waals surface area contributed by atoms with E-state index >= 15 is 0 Å². The van der Waals surface area contributed by atoms with E-state index in [1.807, 2.05) is 18.2 Å². The van der Waals surface area contributed by atoms with E-state index in [1.54, 1.807) is 0 Å². The Morgan fingerprint density at radius 3 is 3.22 bits per heavy atom. The SMILES string of the molecule is O=C(Nc1cccc2n[se]nc12)C1CCCNC1. The maximum atomic E-state index is 12.1. The molecule has 1 fully saturated rings. The second-order valence-electron chi connectivity index (χ2n) is 4.47. The summed E-state index contributed by atoms with van der Waals surface area (Å²) in [6.07, 6.45) is 2.02. The first-order valence-corrected chi connectivity index (χ1v) is 7.60. The van der Waals surface area contributed by atoms with Crippen molar-refractivity contribution >= 4 is 37.6 Å². The number of nitrogens with one attached hydrogen (secondary N) is 2. The normalized spacial score (nSPS) is 19.9. The number of carbonyl (C=O) groups is 1. The van der Waals surface area contributed by atoms with Crippen LogP contribution < -0.4 is 10.6 Å². The van der Waals surface area contributed by atoms with Crippen LogP contribution in [0.3, 0.4) is 0 Å². The molecule has 0 saturated carbocycles. The van der Waals surface area contributed by atoms with Gasteiger partial charge in [-0.05, 0) is 0 Å². The van der Waals surface area contributed by atoms with Gasteiger partial charge in [0.25, 0.3) is 0 Å². The number of hydrogen-bond acceptors (Lipinski definition) is 4. The molecular formula is C12H14N4OSe. The molecule has 18 heavy (non-hydrogen) atoms. The Morgan fingerprint density at radius 2 is 2.39 bits per heavy atom. The van der Waals surface area contributed by atoms with Gasteiger partial charge in [0.15, 0.2) is 0 Å². The Bertz CT molecular complexity index is 562. The van der Waals surface area contributed by atoms with Crippen molar-refractivity contribution in [1.29, 1.82) is 0 Å². The number of rotatable bonds is 2. The van der Waals surface area contributed by atoms with Crippen LogP contribution in [0.25, 0.3) is 11.0 Å². The number of hydrogen-bond donors (Lipinski definition) is 2. The third-order valence-electron chi connectivity index (χ3n) is 3.21. The number of piperidine rings is 1. The van der Waals surface area contributed by atoms with Gasteiger partial charge in [0.1, 0.15) is 0 Å². The van der Waals surface area contributed by atoms with Gasteiger partial charge in [-0.3, -0.25) is 0 Å². The molecule has 6 heteroatoms. The van der Waals surface area contributed by atoms with E-state index < -0.39 is 0 Å². The van der Waals surface area contributed by atoms with Crippen molar-refractivity contribution < 1.29 is 4.79 Å². The molecule has 1 saturated heterocycles. The fourth-order valence-corrected chi connectivity index (χ4v) is 3.37. The third kappa shape index (κ3) is 2.32. The van der Waals surface area contributed by atoms with Gasteiger partial charge in [0.05, 0.1) is 0 Å². The van der Waals surface area contributed by atoms with E-state index in [9.17, 15) is 4.79 Å². The van der Waals surface area contributed by atoms with Crippen molar-refractivity contribution in [1.82, 2.24) is 13.3 Å². The van der Waals surface area contributed by atoms with Crippen molar-refractivity contribution in [3.05, 3.63) is 18.2 Å². The molecule has 2 N–H and O–H groups in total. The van der Waals surface area contributed by atoms with Crippen LogP contribution in [0.4, 0.5) is 5.69 Å². The van der Waals surface area contributed by atoms with Crippen molar-refractivity contribution in [2.24, 2.45) is 5.92 Å². The first kappa shape index (κ1) is 11.8. The quantitative estimate of drug-likeness (QED) is 0.798. The summed E-state index contributed by atoms with van der Waals surface area (Å²) in [6, 6.07) is 5.74. The molecule has 2 aromatic rings. The molecule has 94 valence electrons. The summed E-state index contributed by atoms with van der Waals surface area (Å²) >= 11 is -0.0600. The number of amides is 1. The number of carbonyl (C=O) groups excluding carboxylic acids is 1. The molecule has 1 aliphatic heterocycles. The predicted octanol–water partition coefficient (Wildman–Crippen LogP) is 0.625. The van der Waals surface area contributed by atoms with Gasteiger partial charge in [-0.15, -0.1) is 0 Å². The molecule has 2 heterocycles. The van der Waals surface area contributed by atoms with E-state index in [0.29, 0.717) is 0 Å². The van der Waals surface area contributed by atoms with Crippen LogP contribution in [-0.2, 0) is 4.79 Å². The fraction of sp³-hybridized carbons (Fsp3) is 0.417. The van der Waals surface area contributed by atoms with Crippen LogP contribution in [0.2, 0.25) is 0 Å². The van der Waals surface area contributed by atoms with Crippen LogP contribution in [-0.4, -0.2) is 41.9 Å². The van der Waals surface area contributed by atoms with E-state index in [4.69, 9.17) is 0 Å². The van der Waals surface area contributed by atoms with Gasteiger partial charge in [0, 0.05) is 0 Å². The number of aromatic nitrogens is 2. The van der Waals surface area contributed by atoms with Gasteiger partial charge in [-0.2, -0.15) is 0 Å². The standard InChI is InChI=1S/C12H14N4OSe/c17-12(8-3-2-6-13-7-8)14-9-4-1-5-10-11(9)16-18-15-10/h1,4-5,8,13H,2-3,6-7H2,(H,14,17). The third-order valence-corrected chi connectivity index (χ3v) is 4.35. The fourth-order valence-electron chi connectivity index (χ4n) is 2.22. The summed E-state index contributed by atoms with van der Waals surface area (Å²) in [7, 11) is 0. The topological polar surface area (TPSA) is 66.9 Å². The molecule has 1 unspecified atom stereocenters. The maximum absolute atomic E-state index is 12.1. The zero-order valence-electron chi connectivity index (χ0n) is 9.85. The zero-order chi connectivity index (χ0) is 12.4. The molecule has 0 spiro atoms. The average molecular weight is 309 g/mol. The van der Waals surface area contributed by atoms with E-state index in [-0.39, 0.29) is 26.8 Å². The second kappa shape index (κ2) is 5.18. The molecule has 0 bridgehead atoms. The Hall–Kier alpha value is -1.23. The zero-order valence-corrected chi connectivity index (χ0v) is 11.6. The molecule has 1 aliphatic rings. The van der Waals surface area contributed by atoms with Crippen molar-refractivity contribution in [3.8, 4) is 0 Å². The van der Waals surface area contributed by atoms with Crippen molar-refractivity contribution in [3.63, 3.8) is 0 Å². The predicted molar refractivity (Wildman–Crippen MR) is 70.7 cm³/mol. The average Bonchev–Trinajstić information content (AvgIpc) is 2.89. The number of anilines is 1. The Balaban J connectivity index is 1.79. The first-order chi connectivity index (χ1) is 8.84. The summed E-state index contributed by atoms with van der Waals surface area (Å²) in [4.78, 5) is 12.1. The number of fused-ring (bicyclic) bond motifs is 1. The molecule has 1 amide bonds. The molecule has 5 nitrogen and oxygen atoms in total. The van der Waals surface area contributed by atoms with Crippen LogP contribution in [0.5, 0.6) is 0 Å². The summed E-state index contributed by atoms with van der Waals surface area (Å²) < 4.78 is 8.67. The van der Waals surface area contributed by atoms with Gasteiger partial charge < -0.3 is 0 Å². The second-order valence-corrected chi connectivity index (χ2v) is 5.58. The molecule has 3 rings (SSSR count). The molecular weight excluding hydrogens is 295 g/mol. The summed E-state index contributed by atoms with van der Waals surface area (Å²) in [5.41, 5.74) is 2.54. The van der Waals surface area contributed by atoms with Crippen molar-refractivity contribution in [2.45, 2.75) is 12.8 Å². The Labute approximate surface area is 111 Å². The summed E-state index contributed by atoms with van der Waals surface area (Å²) in [5, 5.41) is 6.24. The summed E-state index contributed by atoms with van der Waals surface area (Å²) in [5.74, 6) is 0.156. The monoisotopic (exact) mass is 310 g/mol. The van der Waals surface area contributed by atoms with E-state index in [1.165, 1.54) is 0 Å². The minimum absolute atomic E-state index is 0.0600. The molecule has 1 atom stereocenters. The molecule has 0 aliphatic carbocycles. The van der Waals surface area contributed by atoms with Gasteiger partial charge in [-0.1, -0.05) is 0 Å². The van der Waals surface area contributed by atoms with Crippen LogP contribution in [0, 0.1) is 5.92 Å². The van der Waals surface area contributed by atoms with Gasteiger partial charge in [0.2, 0.25) is 0 Å².